The van der Waals surface area contributed by atoms with Crippen LogP contribution in [0.25, 0.3) is 0 Å². The monoisotopic (exact) mass is 345 g/mol. The molecule has 88 valence electrons. The van der Waals surface area contributed by atoms with Crippen molar-refractivity contribution in [2.45, 2.75) is 6.18 Å². The van der Waals surface area contributed by atoms with E-state index in [0.29, 0.717) is 5.69 Å². The van der Waals surface area contributed by atoms with E-state index in [-0.39, 0.29) is 0 Å². The summed E-state index contributed by atoms with van der Waals surface area (Å²) in [4.78, 5) is 10.9. The lowest BCUT2D eigenvalue weighted by Crippen LogP contribution is -2.23. The first kappa shape index (κ1) is 13.1. The molecule has 0 atom stereocenters. The van der Waals surface area contributed by atoms with Crippen LogP contribution in [-0.2, 0) is 4.74 Å². The fourth-order valence-electron chi connectivity index (χ4n) is 0.868. The van der Waals surface area contributed by atoms with Crippen molar-refractivity contribution in [2.24, 2.45) is 0 Å². The van der Waals surface area contributed by atoms with E-state index in [1.54, 1.807) is 24.3 Å². The van der Waals surface area contributed by atoms with E-state index in [9.17, 15) is 18.0 Å². The van der Waals surface area contributed by atoms with Crippen molar-refractivity contribution < 1.29 is 22.7 Å². The number of benzene rings is 1. The Bertz CT molecular complexity index is 381. The normalized spacial score (nSPS) is 11.0. The summed E-state index contributed by atoms with van der Waals surface area (Å²) in [6, 6.07) is 6.61. The Morgan fingerprint density at radius 3 is 2.69 bits per heavy atom. The van der Waals surface area contributed by atoms with E-state index in [1.165, 1.54) is 0 Å². The lowest BCUT2D eigenvalue weighted by atomic mass is 10.3. The molecule has 0 saturated heterocycles. The van der Waals surface area contributed by atoms with Gasteiger partial charge in [0.05, 0.1) is 0 Å². The van der Waals surface area contributed by atoms with Gasteiger partial charge in [0.1, 0.15) is 0 Å². The minimum Gasteiger partial charge on any atom is -0.440 e. The number of anilines is 1. The number of hydrogen-bond donors (Lipinski definition) is 1. The maximum atomic E-state index is 11.7. The third kappa shape index (κ3) is 5.19. The SMILES string of the molecule is O=C(Nc1cccc(I)c1)OCC(F)(F)F. The Hall–Kier alpha value is -0.990. The average Bonchev–Trinajstić information content (AvgIpc) is 2.14. The van der Waals surface area contributed by atoms with Crippen molar-refractivity contribution in [2.75, 3.05) is 11.9 Å². The molecular formula is C9H7F3INO2. The first-order valence-electron chi connectivity index (χ1n) is 4.13. The first-order valence-corrected chi connectivity index (χ1v) is 5.21. The summed E-state index contributed by atoms with van der Waals surface area (Å²) >= 11 is 2.01. The summed E-state index contributed by atoms with van der Waals surface area (Å²) in [5, 5.41) is 2.19. The molecule has 0 aliphatic carbocycles. The molecule has 1 rings (SSSR count). The second-order valence-corrected chi connectivity index (χ2v) is 4.07. The van der Waals surface area contributed by atoms with E-state index in [2.05, 4.69) is 10.1 Å². The van der Waals surface area contributed by atoms with E-state index in [0.717, 1.165) is 3.57 Å². The number of alkyl halides is 3. The van der Waals surface area contributed by atoms with E-state index < -0.39 is 18.9 Å². The molecule has 1 amide bonds. The Morgan fingerprint density at radius 1 is 1.44 bits per heavy atom. The van der Waals surface area contributed by atoms with Crippen LogP contribution in [0.4, 0.5) is 23.7 Å². The van der Waals surface area contributed by atoms with Crippen LogP contribution in [0.1, 0.15) is 0 Å². The molecule has 7 heteroatoms. The summed E-state index contributed by atoms with van der Waals surface area (Å²) in [6.45, 7) is -1.59. The van der Waals surface area contributed by atoms with Gasteiger partial charge in [-0.05, 0) is 40.8 Å². The fourth-order valence-corrected chi connectivity index (χ4v) is 1.41. The standard InChI is InChI=1S/C9H7F3INO2/c10-9(11,12)5-16-8(15)14-7-3-1-2-6(13)4-7/h1-4H,5H2,(H,14,15). The molecule has 0 saturated carbocycles. The van der Waals surface area contributed by atoms with Crippen molar-refractivity contribution >= 4 is 34.4 Å². The minimum atomic E-state index is -4.51. The van der Waals surface area contributed by atoms with Gasteiger partial charge < -0.3 is 4.74 Å². The van der Waals surface area contributed by atoms with Gasteiger partial charge in [0, 0.05) is 9.26 Å². The van der Waals surface area contributed by atoms with Gasteiger partial charge in [0.2, 0.25) is 0 Å². The van der Waals surface area contributed by atoms with Crippen LogP contribution in [0.3, 0.4) is 0 Å². The van der Waals surface area contributed by atoms with Crippen LogP contribution >= 0.6 is 22.6 Å². The van der Waals surface area contributed by atoms with Gasteiger partial charge in [0.15, 0.2) is 6.61 Å². The Labute approximate surface area is 103 Å². The molecule has 0 radical (unpaired) electrons. The highest BCUT2D eigenvalue weighted by Gasteiger charge is 2.29. The van der Waals surface area contributed by atoms with E-state index in [1.807, 2.05) is 22.6 Å². The molecule has 16 heavy (non-hydrogen) atoms. The highest BCUT2D eigenvalue weighted by Crippen LogP contribution is 2.16. The zero-order valence-electron chi connectivity index (χ0n) is 7.84. The van der Waals surface area contributed by atoms with Gasteiger partial charge in [-0.3, -0.25) is 5.32 Å². The zero-order valence-corrected chi connectivity index (χ0v) is 10.0. The lowest BCUT2D eigenvalue weighted by Gasteiger charge is -2.09. The van der Waals surface area contributed by atoms with Gasteiger partial charge in [-0.25, -0.2) is 4.79 Å². The predicted molar refractivity (Wildman–Crippen MR) is 60.2 cm³/mol. The number of halogens is 4. The van der Waals surface area contributed by atoms with Gasteiger partial charge in [-0.1, -0.05) is 6.07 Å². The highest BCUT2D eigenvalue weighted by atomic mass is 127. The molecule has 0 unspecified atom stereocenters. The smallest absolute Gasteiger partial charge is 0.422 e. The number of rotatable bonds is 2. The zero-order chi connectivity index (χ0) is 12.2. The first-order chi connectivity index (χ1) is 7.37. The summed E-state index contributed by atoms with van der Waals surface area (Å²) in [5.74, 6) is 0. The number of hydrogen-bond acceptors (Lipinski definition) is 2. The van der Waals surface area contributed by atoms with Crippen LogP contribution in [0.5, 0.6) is 0 Å². The predicted octanol–water partition coefficient (Wildman–Crippen LogP) is 3.40. The minimum absolute atomic E-state index is 0.388. The van der Waals surface area contributed by atoms with Crippen molar-refractivity contribution in [3.63, 3.8) is 0 Å². The summed E-state index contributed by atoms with van der Waals surface area (Å²) in [6.07, 6.45) is -5.64. The van der Waals surface area contributed by atoms with Crippen molar-refractivity contribution in [1.29, 1.82) is 0 Å². The molecule has 0 fully saturated rings. The molecular weight excluding hydrogens is 338 g/mol. The van der Waals surface area contributed by atoms with Crippen LogP contribution in [0.15, 0.2) is 24.3 Å². The van der Waals surface area contributed by atoms with Crippen LogP contribution < -0.4 is 5.32 Å². The third-order valence-electron chi connectivity index (χ3n) is 1.44. The molecule has 3 nitrogen and oxygen atoms in total. The molecule has 0 heterocycles. The van der Waals surface area contributed by atoms with Crippen LogP contribution in [0.2, 0.25) is 0 Å². The molecule has 1 aromatic carbocycles. The van der Waals surface area contributed by atoms with Gasteiger partial charge >= 0.3 is 12.3 Å². The highest BCUT2D eigenvalue weighted by molar-refractivity contribution is 14.1. The second kappa shape index (κ2) is 5.37. The van der Waals surface area contributed by atoms with Gasteiger partial charge in [-0.2, -0.15) is 13.2 Å². The summed E-state index contributed by atoms with van der Waals surface area (Å²) in [7, 11) is 0. The number of carbonyl (C=O) groups is 1. The van der Waals surface area contributed by atoms with Crippen molar-refractivity contribution in [3.05, 3.63) is 27.8 Å². The molecule has 0 spiro atoms. The quantitative estimate of drug-likeness (QED) is 0.835. The number of carbonyl (C=O) groups excluding carboxylic acids is 1. The Morgan fingerprint density at radius 2 is 2.12 bits per heavy atom. The molecule has 0 aliphatic rings. The number of amides is 1. The maximum Gasteiger partial charge on any atom is 0.422 e. The molecule has 1 aromatic rings. The molecule has 1 N–H and O–H groups in total. The fraction of sp³-hybridized carbons (Fsp3) is 0.222. The van der Waals surface area contributed by atoms with Crippen LogP contribution in [0, 0.1) is 3.57 Å². The third-order valence-corrected chi connectivity index (χ3v) is 2.11. The molecule has 0 bridgehead atoms. The number of ether oxygens (including phenoxy) is 1. The van der Waals surface area contributed by atoms with Crippen molar-refractivity contribution in [1.82, 2.24) is 0 Å². The largest absolute Gasteiger partial charge is 0.440 e. The Kier molecular flexibility index (Phi) is 4.39. The summed E-state index contributed by atoms with van der Waals surface area (Å²) < 4.78 is 40.0. The van der Waals surface area contributed by atoms with Gasteiger partial charge in [0.25, 0.3) is 0 Å². The lowest BCUT2D eigenvalue weighted by molar-refractivity contribution is -0.159. The van der Waals surface area contributed by atoms with E-state index in [4.69, 9.17) is 0 Å². The Balaban J connectivity index is 2.46. The topological polar surface area (TPSA) is 38.3 Å². The molecule has 0 aromatic heterocycles. The summed E-state index contributed by atoms with van der Waals surface area (Å²) in [5.41, 5.74) is 0.388. The van der Waals surface area contributed by atoms with E-state index >= 15 is 0 Å². The van der Waals surface area contributed by atoms with Gasteiger partial charge in [-0.15, -0.1) is 0 Å². The molecule has 0 aliphatic heterocycles. The van der Waals surface area contributed by atoms with Crippen molar-refractivity contribution in [3.8, 4) is 0 Å². The van der Waals surface area contributed by atoms with Crippen LogP contribution in [-0.4, -0.2) is 18.9 Å². The number of nitrogens with one attached hydrogen (secondary N) is 1. The maximum absolute atomic E-state index is 11.7. The second-order valence-electron chi connectivity index (χ2n) is 2.83. The average molecular weight is 345 g/mol.